The predicted molar refractivity (Wildman–Crippen MR) is 75.9 cm³/mol. The van der Waals surface area contributed by atoms with Crippen LogP contribution in [0.4, 0.5) is 0 Å². The number of carbonyl (C=O) groups is 1. The van der Waals surface area contributed by atoms with E-state index in [1.807, 2.05) is 24.3 Å². The third kappa shape index (κ3) is 2.09. The molecule has 18 heavy (non-hydrogen) atoms. The lowest BCUT2D eigenvalue weighted by Gasteiger charge is -2.07. The monoisotopic (exact) mass is 342 g/mol. The van der Waals surface area contributed by atoms with E-state index in [1.165, 1.54) is 11.3 Å². The lowest BCUT2D eigenvalue weighted by Crippen LogP contribution is -2.24. The third-order valence-electron chi connectivity index (χ3n) is 2.83. The summed E-state index contributed by atoms with van der Waals surface area (Å²) < 4.78 is 6.45. The Morgan fingerprint density at radius 2 is 2.22 bits per heavy atom. The van der Waals surface area contributed by atoms with E-state index in [2.05, 4.69) is 15.9 Å². The Hall–Kier alpha value is -0.840. The van der Waals surface area contributed by atoms with E-state index >= 15 is 0 Å². The number of para-hydroxylation sites is 1. The average molecular weight is 344 g/mol. The molecule has 1 unspecified atom stereocenters. The zero-order valence-corrected chi connectivity index (χ0v) is 12.3. The van der Waals surface area contributed by atoms with Gasteiger partial charge in [-0.15, -0.1) is 11.3 Å². The number of halogens is 2. The van der Waals surface area contributed by atoms with Crippen LogP contribution in [0, 0.1) is 0 Å². The number of ether oxygens (including phenoxy) is 1. The zero-order chi connectivity index (χ0) is 12.7. The van der Waals surface area contributed by atoms with Crippen molar-refractivity contribution in [3.05, 3.63) is 49.6 Å². The largest absolute Gasteiger partial charge is 0.482 e. The molecule has 1 aliphatic rings. The maximum absolute atomic E-state index is 12.3. The highest BCUT2D eigenvalue weighted by molar-refractivity contribution is 9.11. The SMILES string of the molecule is O=C(c1cc(Cl)c(Br)s1)C1Cc2ccccc2O1. The van der Waals surface area contributed by atoms with Gasteiger partial charge in [0.25, 0.3) is 0 Å². The van der Waals surface area contributed by atoms with Gasteiger partial charge in [-0.05, 0) is 33.6 Å². The molecule has 1 atom stereocenters. The molecule has 0 aliphatic carbocycles. The van der Waals surface area contributed by atoms with Crippen molar-refractivity contribution in [2.75, 3.05) is 0 Å². The van der Waals surface area contributed by atoms with Gasteiger partial charge in [0.2, 0.25) is 5.78 Å². The standard InChI is InChI=1S/C13H8BrClO2S/c14-13-8(15)6-11(18-13)12(16)10-5-7-3-1-2-4-9(7)17-10/h1-4,6,10H,5H2. The summed E-state index contributed by atoms with van der Waals surface area (Å²) in [6, 6.07) is 9.42. The fourth-order valence-electron chi connectivity index (χ4n) is 1.96. The molecule has 0 amide bonds. The number of hydrogen-bond acceptors (Lipinski definition) is 3. The van der Waals surface area contributed by atoms with Gasteiger partial charge >= 0.3 is 0 Å². The van der Waals surface area contributed by atoms with Gasteiger partial charge in [-0.3, -0.25) is 4.79 Å². The van der Waals surface area contributed by atoms with Gasteiger partial charge in [0, 0.05) is 6.42 Å². The molecule has 0 bridgehead atoms. The molecule has 1 aromatic carbocycles. The minimum Gasteiger partial charge on any atom is -0.482 e. The Balaban J connectivity index is 1.84. The fraction of sp³-hybridized carbons (Fsp3) is 0.154. The van der Waals surface area contributed by atoms with Gasteiger partial charge in [-0.2, -0.15) is 0 Å². The fourth-order valence-corrected chi connectivity index (χ4v) is 3.64. The summed E-state index contributed by atoms with van der Waals surface area (Å²) in [5.74, 6) is 0.793. The molecule has 0 spiro atoms. The van der Waals surface area contributed by atoms with E-state index in [-0.39, 0.29) is 5.78 Å². The van der Waals surface area contributed by atoms with Crippen LogP contribution < -0.4 is 4.74 Å². The van der Waals surface area contributed by atoms with Gasteiger partial charge in [0.1, 0.15) is 5.75 Å². The van der Waals surface area contributed by atoms with Crippen molar-refractivity contribution in [1.29, 1.82) is 0 Å². The summed E-state index contributed by atoms with van der Waals surface area (Å²) in [5.41, 5.74) is 1.08. The predicted octanol–water partition coefficient (Wildman–Crippen LogP) is 4.35. The van der Waals surface area contributed by atoms with E-state index in [0.717, 1.165) is 15.1 Å². The highest BCUT2D eigenvalue weighted by Crippen LogP contribution is 2.35. The molecule has 2 heterocycles. The first-order valence-electron chi connectivity index (χ1n) is 5.39. The molecule has 1 aliphatic heterocycles. The molecule has 0 radical (unpaired) electrons. The smallest absolute Gasteiger partial charge is 0.213 e. The number of benzene rings is 1. The molecule has 92 valence electrons. The van der Waals surface area contributed by atoms with Crippen molar-refractivity contribution in [2.45, 2.75) is 12.5 Å². The van der Waals surface area contributed by atoms with Gasteiger partial charge in [-0.1, -0.05) is 29.8 Å². The van der Waals surface area contributed by atoms with Crippen LogP contribution in [0.1, 0.15) is 15.2 Å². The Bertz CT molecular complexity index is 579. The second-order valence-corrected chi connectivity index (χ2v) is 6.79. The summed E-state index contributed by atoms with van der Waals surface area (Å²) in [7, 11) is 0. The molecule has 0 N–H and O–H groups in total. The second kappa shape index (κ2) is 4.68. The molecule has 0 fully saturated rings. The number of fused-ring (bicyclic) bond motifs is 1. The topological polar surface area (TPSA) is 26.3 Å². The first kappa shape index (κ1) is 12.2. The van der Waals surface area contributed by atoms with Gasteiger partial charge in [0.15, 0.2) is 6.10 Å². The first-order valence-corrected chi connectivity index (χ1v) is 7.37. The van der Waals surface area contributed by atoms with Gasteiger partial charge in [0.05, 0.1) is 13.7 Å². The Labute approximate surface area is 122 Å². The number of hydrogen-bond donors (Lipinski definition) is 0. The maximum Gasteiger partial charge on any atom is 0.213 e. The number of thiophene rings is 1. The molecule has 0 saturated heterocycles. The number of rotatable bonds is 2. The van der Waals surface area contributed by atoms with Crippen molar-refractivity contribution in [1.82, 2.24) is 0 Å². The Kier molecular flexibility index (Phi) is 3.18. The average Bonchev–Trinajstić information content (AvgIpc) is 2.93. The number of ketones is 1. The van der Waals surface area contributed by atoms with Crippen LogP contribution >= 0.6 is 38.9 Å². The summed E-state index contributed by atoms with van der Waals surface area (Å²) >= 11 is 10.6. The van der Waals surface area contributed by atoms with E-state index in [9.17, 15) is 4.79 Å². The Morgan fingerprint density at radius 1 is 1.44 bits per heavy atom. The summed E-state index contributed by atoms with van der Waals surface area (Å²) in [6.07, 6.45) is 0.200. The van der Waals surface area contributed by atoms with E-state index in [1.54, 1.807) is 6.07 Å². The minimum absolute atomic E-state index is 0.0104. The lowest BCUT2D eigenvalue weighted by molar-refractivity contribution is 0.0829. The Morgan fingerprint density at radius 3 is 2.89 bits per heavy atom. The molecule has 2 aromatic rings. The molecular weight excluding hydrogens is 336 g/mol. The van der Waals surface area contributed by atoms with Gasteiger partial charge < -0.3 is 4.74 Å². The van der Waals surface area contributed by atoms with Crippen LogP contribution in [0.5, 0.6) is 5.75 Å². The van der Waals surface area contributed by atoms with Crippen molar-refractivity contribution >= 4 is 44.7 Å². The minimum atomic E-state index is -0.427. The summed E-state index contributed by atoms with van der Waals surface area (Å²) in [5, 5.41) is 0.568. The molecule has 2 nitrogen and oxygen atoms in total. The molecular formula is C13H8BrClO2S. The quantitative estimate of drug-likeness (QED) is 0.758. The highest BCUT2D eigenvalue weighted by Gasteiger charge is 2.30. The van der Waals surface area contributed by atoms with Crippen LogP contribution in [0.3, 0.4) is 0 Å². The zero-order valence-electron chi connectivity index (χ0n) is 9.15. The van der Waals surface area contributed by atoms with E-state index in [0.29, 0.717) is 16.3 Å². The highest BCUT2D eigenvalue weighted by atomic mass is 79.9. The maximum atomic E-state index is 12.3. The lowest BCUT2D eigenvalue weighted by atomic mass is 10.1. The van der Waals surface area contributed by atoms with Crippen molar-refractivity contribution in [2.24, 2.45) is 0 Å². The van der Waals surface area contributed by atoms with Crippen molar-refractivity contribution in [3.8, 4) is 5.75 Å². The molecule has 5 heteroatoms. The second-order valence-electron chi connectivity index (χ2n) is 4.01. The molecule has 0 saturated carbocycles. The van der Waals surface area contributed by atoms with Crippen LogP contribution in [-0.2, 0) is 6.42 Å². The first-order chi connectivity index (χ1) is 8.65. The van der Waals surface area contributed by atoms with Crippen molar-refractivity contribution in [3.63, 3.8) is 0 Å². The van der Waals surface area contributed by atoms with Crippen LogP contribution in [0.2, 0.25) is 5.02 Å². The van der Waals surface area contributed by atoms with E-state index < -0.39 is 6.10 Å². The van der Waals surface area contributed by atoms with Gasteiger partial charge in [-0.25, -0.2) is 0 Å². The molecule has 1 aromatic heterocycles. The normalized spacial score (nSPS) is 17.3. The number of Topliss-reactive ketones (excluding diaryl/α,β-unsaturated/α-hetero) is 1. The third-order valence-corrected chi connectivity index (χ3v) is 5.32. The molecule has 3 rings (SSSR count). The summed E-state index contributed by atoms with van der Waals surface area (Å²) in [6.45, 7) is 0. The summed E-state index contributed by atoms with van der Waals surface area (Å²) in [4.78, 5) is 12.9. The van der Waals surface area contributed by atoms with Crippen LogP contribution in [0.25, 0.3) is 0 Å². The van der Waals surface area contributed by atoms with Crippen LogP contribution in [-0.4, -0.2) is 11.9 Å². The van der Waals surface area contributed by atoms with Crippen LogP contribution in [0.15, 0.2) is 34.1 Å². The number of carbonyl (C=O) groups excluding carboxylic acids is 1. The van der Waals surface area contributed by atoms with Crippen molar-refractivity contribution < 1.29 is 9.53 Å². The van der Waals surface area contributed by atoms with E-state index in [4.69, 9.17) is 16.3 Å².